The molecule has 0 bridgehead atoms. The van der Waals surface area contributed by atoms with Crippen LogP contribution in [0.4, 0.5) is 10.5 Å². The molecule has 5 heteroatoms. The molecule has 122 valence electrons. The van der Waals surface area contributed by atoms with Crippen LogP contribution in [0.3, 0.4) is 0 Å². The third-order valence-electron chi connectivity index (χ3n) is 3.64. The summed E-state index contributed by atoms with van der Waals surface area (Å²) in [6.45, 7) is 6.05. The molecule has 3 amide bonds. The van der Waals surface area contributed by atoms with Gasteiger partial charge < -0.3 is 16.4 Å². The van der Waals surface area contributed by atoms with E-state index in [1.54, 1.807) is 18.2 Å². The van der Waals surface area contributed by atoms with E-state index < -0.39 is 5.91 Å². The van der Waals surface area contributed by atoms with Crippen LogP contribution < -0.4 is 16.4 Å². The summed E-state index contributed by atoms with van der Waals surface area (Å²) in [5.74, 6) is -0.507. The normalized spacial score (nSPS) is 11.8. The van der Waals surface area contributed by atoms with Gasteiger partial charge in [0, 0.05) is 17.3 Å². The third kappa shape index (κ3) is 6.16. The van der Waals surface area contributed by atoms with Crippen molar-refractivity contribution in [2.45, 2.75) is 58.9 Å². The van der Waals surface area contributed by atoms with Crippen molar-refractivity contribution in [2.24, 2.45) is 5.73 Å². The van der Waals surface area contributed by atoms with Crippen LogP contribution in [-0.2, 0) is 0 Å². The van der Waals surface area contributed by atoms with Gasteiger partial charge in [0.25, 0.3) is 0 Å². The molecule has 0 fully saturated rings. The zero-order valence-corrected chi connectivity index (χ0v) is 13.7. The van der Waals surface area contributed by atoms with Crippen molar-refractivity contribution in [1.82, 2.24) is 5.32 Å². The molecule has 0 aliphatic heterocycles. The van der Waals surface area contributed by atoms with E-state index in [4.69, 9.17) is 5.73 Å². The first-order valence-corrected chi connectivity index (χ1v) is 7.92. The van der Waals surface area contributed by atoms with E-state index in [-0.39, 0.29) is 12.1 Å². The summed E-state index contributed by atoms with van der Waals surface area (Å²) in [5.41, 5.74) is 7.13. The molecule has 0 heterocycles. The number of amides is 3. The van der Waals surface area contributed by atoms with Crippen LogP contribution in [0.25, 0.3) is 0 Å². The Labute approximate surface area is 132 Å². The van der Waals surface area contributed by atoms with Crippen molar-refractivity contribution in [2.75, 3.05) is 5.32 Å². The Kier molecular flexibility index (Phi) is 7.43. The van der Waals surface area contributed by atoms with Crippen LogP contribution in [-0.4, -0.2) is 18.0 Å². The van der Waals surface area contributed by atoms with Gasteiger partial charge in [-0.25, -0.2) is 4.79 Å². The van der Waals surface area contributed by atoms with Crippen molar-refractivity contribution in [3.05, 3.63) is 29.3 Å². The maximum atomic E-state index is 12.0. The monoisotopic (exact) mass is 305 g/mol. The second-order valence-electron chi connectivity index (χ2n) is 5.74. The first-order valence-electron chi connectivity index (χ1n) is 7.92. The molecule has 0 aromatic heterocycles. The number of aryl methyl sites for hydroxylation is 1. The number of primary amides is 1. The molecule has 4 N–H and O–H groups in total. The first-order chi connectivity index (χ1) is 10.4. The first kappa shape index (κ1) is 18.0. The molecule has 1 aromatic rings. The predicted molar refractivity (Wildman–Crippen MR) is 90.1 cm³/mol. The van der Waals surface area contributed by atoms with Gasteiger partial charge in [-0.1, -0.05) is 38.7 Å². The summed E-state index contributed by atoms with van der Waals surface area (Å²) in [6.07, 6.45) is 5.72. The summed E-state index contributed by atoms with van der Waals surface area (Å²) >= 11 is 0. The molecule has 0 radical (unpaired) electrons. The van der Waals surface area contributed by atoms with E-state index in [0.717, 1.165) is 18.4 Å². The van der Waals surface area contributed by atoms with Crippen LogP contribution in [0.1, 0.15) is 61.9 Å². The standard InChI is InChI=1S/C17H27N3O2/c1-4-5-6-7-8-13(3)19-17(22)20-15-11-14(16(18)21)10-9-12(15)2/h9-11,13H,4-8H2,1-3H3,(H2,18,21)(H2,19,20,22). The molecule has 0 spiro atoms. The lowest BCUT2D eigenvalue weighted by atomic mass is 10.1. The number of rotatable bonds is 8. The van der Waals surface area contributed by atoms with Gasteiger partial charge in [0.1, 0.15) is 0 Å². The van der Waals surface area contributed by atoms with Crippen LogP contribution in [0, 0.1) is 6.92 Å². The summed E-state index contributed by atoms with van der Waals surface area (Å²) in [6, 6.07) is 4.88. The van der Waals surface area contributed by atoms with Crippen molar-refractivity contribution < 1.29 is 9.59 Å². The lowest BCUT2D eigenvalue weighted by Gasteiger charge is -2.16. The van der Waals surface area contributed by atoms with Gasteiger partial charge in [0.15, 0.2) is 0 Å². The van der Waals surface area contributed by atoms with Gasteiger partial charge in [-0.15, -0.1) is 0 Å². The number of anilines is 1. The SMILES string of the molecule is CCCCCCC(C)NC(=O)Nc1cc(C(N)=O)ccc1C. The van der Waals surface area contributed by atoms with Crippen molar-refractivity contribution >= 4 is 17.6 Å². The van der Waals surface area contributed by atoms with E-state index in [1.165, 1.54) is 19.3 Å². The Morgan fingerprint density at radius 1 is 1.23 bits per heavy atom. The molecule has 0 aliphatic carbocycles. The minimum atomic E-state index is -0.507. The van der Waals surface area contributed by atoms with E-state index in [0.29, 0.717) is 11.3 Å². The number of carbonyl (C=O) groups excluding carboxylic acids is 2. The number of hydrogen-bond donors (Lipinski definition) is 3. The highest BCUT2D eigenvalue weighted by molar-refractivity contribution is 5.96. The third-order valence-corrected chi connectivity index (χ3v) is 3.64. The Hall–Kier alpha value is -2.04. The molecule has 0 saturated carbocycles. The highest BCUT2D eigenvalue weighted by Crippen LogP contribution is 2.16. The highest BCUT2D eigenvalue weighted by atomic mass is 16.2. The fourth-order valence-electron chi connectivity index (χ4n) is 2.24. The summed E-state index contributed by atoms with van der Waals surface area (Å²) < 4.78 is 0. The van der Waals surface area contributed by atoms with Gasteiger partial charge in [0.2, 0.25) is 5.91 Å². The number of benzene rings is 1. The Balaban J connectivity index is 2.51. The number of unbranched alkanes of at least 4 members (excludes halogenated alkanes) is 3. The second-order valence-corrected chi connectivity index (χ2v) is 5.74. The molecule has 1 rings (SSSR count). The molecule has 1 atom stereocenters. The topological polar surface area (TPSA) is 84.2 Å². The average Bonchev–Trinajstić information content (AvgIpc) is 2.45. The second kappa shape index (κ2) is 9.07. The maximum absolute atomic E-state index is 12.0. The maximum Gasteiger partial charge on any atom is 0.319 e. The quantitative estimate of drug-likeness (QED) is 0.641. The molecular weight excluding hydrogens is 278 g/mol. The van der Waals surface area contributed by atoms with E-state index >= 15 is 0 Å². The molecule has 0 saturated heterocycles. The molecule has 1 aromatic carbocycles. The Morgan fingerprint density at radius 3 is 2.59 bits per heavy atom. The van der Waals surface area contributed by atoms with Crippen LogP contribution in [0.5, 0.6) is 0 Å². The molecular formula is C17H27N3O2. The minimum Gasteiger partial charge on any atom is -0.366 e. The van der Waals surface area contributed by atoms with Gasteiger partial charge in [0.05, 0.1) is 0 Å². The number of carbonyl (C=O) groups is 2. The minimum absolute atomic E-state index is 0.122. The summed E-state index contributed by atoms with van der Waals surface area (Å²) in [4.78, 5) is 23.2. The van der Waals surface area contributed by atoms with Crippen LogP contribution in [0.2, 0.25) is 0 Å². The van der Waals surface area contributed by atoms with E-state index in [1.807, 2.05) is 13.8 Å². The molecule has 22 heavy (non-hydrogen) atoms. The van der Waals surface area contributed by atoms with Crippen molar-refractivity contribution in [1.29, 1.82) is 0 Å². The van der Waals surface area contributed by atoms with Gasteiger partial charge >= 0.3 is 6.03 Å². The zero-order valence-electron chi connectivity index (χ0n) is 13.7. The summed E-state index contributed by atoms with van der Waals surface area (Å²) in [7, 11) is 0. The number of urea groups is 1. The average molecular weight is 305 g/mol. The van der Waals surface area contributed by atoms with Gasteiger partial charge in [-0.3, -0.25) is 4.79 Å². The van der Waals surface area contributed by atoms with Crippen molar-refractivity contribution in [3.63, 3.8) is 0 Å². The summed E-state index contributed by atoms with van der Waals surface area (Å²) in [5, 5.41) is 5.70. The van der Waals surface area contributed by atoms with E-state index in [9.17, 15) is 9.59 Å². The van der Waals surface area contributed by atoms with Gasteiger partial charge in [-0.2, -0.15) is 0 Å². The number of nitrogens with one attached hydrogen (secondary N) is 2. The smallest absolute Gasteiger partial charge is 0.319 e. The van der Waals surface area contributed by atoms with Crippen molar-refractivity contribution in [3.8, 4) is 0 Å². The fourth-order valence-corrected chi connectivity index (χ4v) is 2.24. The van der Waals surface area contributed by atoms with E-state index in [2.05, 4.69) is 17.6 Å². The lowest BCUT2D eigenvalue weighted by Crippen LogP contribution is -2.36. The molecule has 5 nitrogen and oxygen atoms in total. The van der Waals surface area contributed by atoms with Gasteiger partial charge in [-0.05, 0) is 38.0 Å². The fraction of sp³-hybridized carbons (Fsp3) is 0.529. The zero-order chi connectivity index (χ0) is 16.5. The largest absolute Gasteiger partial charge is 0.366 e. The predicted octanol–water partition coefficient (Wildman–Crippen LogP) is 3.57. The van der Waals surface area contributed by atoms with Crippen LogP contribution >= 0.6 is 0 Å². The Morgan fingerprint density at radius 2 is 1.95 bits per heavy atom. The highest BCUT2D eigenvalue weighted by Gasteiger charge is 2.10. The molecule has 1 unspecified atom stereocenters. The lowest BCUT2D eigenvalue weighted by molar-refractivity contribution is 0.1000. The number of hydrogen-bond acceptors (Lipinski definition) is 2. The van der Waals surface area contributed by atoms with Crippen LogP contribution in [0.15, 0.2) is 18.2 Å². The number of nitrogens with two attached hydrogens (primary N) is 1. The molecule has 0 aliphatic rings. The Bertz CT molecular complexity index is 515.